The highest BCUT2D eigenvalue weighted by molar-refractivity contribution is 5.94. The van der Waals surface area contributed by atoms with E-state index in [-0.39, 0.29) is 24.5 Å². The molecule has 6 heteroatoms. The van der Waals surface area contributed by atoms with Crippen LogP contribution < -0.4 is 11.1 Å². The van der Waals surface area contributed by atoms with Crippen LogP contribution in [0.2, 0.25) is 0 Å². The summed E-state index contributed by atoms with van der Waals surface area (Å²) >= 11 is 0. The van der Waals surface area contributed by atoms with E-state index in [1.807, 2.05) is 20.8 Å². The fourth-order valence-corrected chi connectivity index (χ4v) is 2.10. The molecule has 0 aliphatic carbocycles. The van der Waals surface area contributed by atoms with Gasteiger partial charge < -0.3 is 11.1 Å². The first-order chi connectivity index (χ1) is 8.77. The van der Waals surface area contributed by atoms with Gasteiger partial charge in [-0.15, -0.1) is 12.4 Å². The van der Waals surface area contributed by atoms with Crippen molar-refractivity contribution in [2.45, 2.75) is 32.7 Å². The van der Waals surface area contributed by atoms with Crippen LogP contribution in [0.1, 0.15) is 37.6 Å². The number of carbonyl (C=O) groups is 1. The van der Waals surface area contributed by atoms with Crippen molar-refractivity contribution in [3.63, 3.8) is 0 Å². The van der Waals surface area contributed by atoms with E-state index in [0.717, 1.165) is 12.1 Å². The van der Waals surface area contributed by atoms with E-state index < -0.39 is 23.1 Å². The van der Waals surface area contributed by atoms with Gasteiger partial charge in [0, 0.05) is 18.2 Å². The summed E-state index contributed by atoms with van der Waals surface area (Å²) in [6.45, 7) is 6.09. The van der Waals surface area contributed by atoms with E-state index in [2.05, 4.69) is 5.32 Å². The van der Waals surface area contributed by atoms with Gasteiger partial charge >= 0.3 is 0 Å². The molecule has 1 unspecified atom stereocenters. The highest BCUT2D eigenvalue weighted by atomic mass is 35.5. The molecule has 0 saturated heterocycles. The Balaban J connectivity index is 0.00000361. The molecular weight excluding hydrogens is 286 g/mol. The predicted molar refractivity (Wildman–Crippen MR) is 78.0 cm³/mol. The Kier molecular flexibility index (Phi) is 7.09. The van der Waals surface area contributed by atoms with Gasteiger partial charge in [0.05, 0.1) is 5.56 Å². The Labute approximate surface area is 124 Å². The maximum Gasteiger partial charge on any atom is 0.254 e. The largest absolute Gasteiger partial charge is 0.346 e. The molecule has 3 nitrogen and oxygen atoms in total. The van der Waals surface area contributed by atoms with E-state index in [9.17, 15) is 13.6 Å². The Morgan fingerprint density at radius 3 is 2.45 bits per heavy atom. The minimum absolute atomic E-state index is 0. The lowest BCUT2D eigenvalue weighted by Gasteiger charge is -2.31. The van der Waals surface area contributed by atoms with Crippen LogP contribution in [-0.2, 0) is 0 Å². The molecule has 1 aromatic carbocycles. The summed E-state index contributed by atoms with van der Waals surface area (Å²) in [6, 6.07) is 2.88. The number of nitrogens with one attached hydrogen (secondary N) is 1. The Hall–Kier alpha value is -1.20. The van der Waals surface area contributed by atoms with Gasteiger partial charge in [0.15, 0.2) is 0 Å². The molecule has 1 amide bonds. The smallest absolute Gasteiger partial charge is 0.254 e. The molecule has 0 fully saturated rings. The van der Waals surface area contributed by atoms with Crippen molar-refractivity contribution in [2.75, 3.05) is 6.54 Å². The average molecular weight is 307 g/mol. The number of hydrogen-bond acceptors (Lipinski definition) is 2. The summed E-state index contributed by atoms with van der Waals surface area (Å²) < 4.78 is 26.3. The fourth-order valence-electron chi connectivity index (χ4n) is 2.10. The van der Waals surface area contributed by atoms with Crippen molar-refractivity contribution in [1.29, 1.82) is 0 Å². The van der Waals surface area contributed by atoms with Crippen molar-refractivity contribution in [2.24, 2.45) is 11.7 Å². The van der Waals surface area contributed by atoms with Gasteiger partial charge in [0.25, 0.3) is 5.91 Å². The third-order valence-corrected chi connectivity index (χ3v) is 2.90. The van der Waals surface area contributed by atoms with Crippen molar-refractivity contribution >= 4 is 18.3 Å². The van der Waals surface area contributed by atoms with E-state index in [0.29, 0.717) is 18.4 Å². The lowest BCUT2D eigenvalue weighted by atomic mass is 9.90. The zero-order valence-electron chi connectivity index (χ0n) is 11.9. The molecular formula is C14H21ClF2N2O. The van der Waals surface area contributed by atoms with E-state index in [4.69, 9.17) is 5.73 Å². The van der Waals surface area contributed by atoms with Crippen molar-refractivity contribution in [3.05, 3.63) is 35.4 Å². The quantitative estimate of drug-likeness (QED) is 0.879. The summed E-state index contributed by atoms with van der Waals surface area (Å²) in [7, 11) is 0. The maximum atomic E-state index is 13.5. The van der Waals surface area contributed by atoms with E-state index in [1.54, 1.807) is 0 Å². The summed E-state index contributed by atoms with van der Waals surface area (Å²) in [5.41, 5.74) is 4.89. The average Bonchev–Trinajstić information content (AvgIpc) is 2.27. The molecule has 0 radical (unpaired) electrons. The van der Waals surface area contributed by atoms with Gasteiger partial charge in [-0.25, -0.2) is 8.78 Å². The number of carbonyl (C=O) groups excluding carboxylic acids is 1. The van der Waals surface area contributed by atoms with Gasteiger partial charge in [-0.05, 0) is 31.4 Å². The second kappa shape index (κ2) is 7.55. The van der Waals surface area contributed by atoms with Crippen molar-refractivity contribution < 1.29 is 13.6 Å². The first-order valence-electron chi connectivity index (χ1n) is 6.25. The summed E-state index contributed by atoms with van der Waals surface area (Å²) in [5.74, 6) is -1.82. The molecule has 0 aliphatic heterocycles. The number of rotatable bonds is 5. The fraction of sp³-hybridized carbons (Fsp3) is 0.500. The molecule has 0 aromatic heterocycles. The second-order valence-corrected chi connectivity index (χ2v) is 5.44. The first kappa shape index (κ1) is 18.8. The van der Waals surface area contributed by atoms with E-state index >= 15 is 0 Å². The molecule has 114 valence electrons. The van der Waals surface area contributed by atoms with Crippen LogP contribution in [0.3, 0.4) is 0 Å². The highest BCUT2D eigenvalue weighted by Gasteiger charge is 2.27. The molecule has 0 spiro atoms. The van der Waals surface area contributed by atoms with Crippen LogP contribution >= 0.6 is 12.4 Å². The zero-order valence-corrected chi connectivity index (χ0v) is 12.7. The molecule has 3 N–H and O–H groups in total. The lowest BCUT2D eigenvalue weighted by Crippen LogP contribution is -2.52. The molecule has 1 aromatic rings. The van der Waals surface area contributed by atoms with Crippen LogP contribution in [0.15, 0.2) is 18.2 Å². The molecule has 1 atom stereocenters. The molecule has 0 heterocycles. The minimum atomic E-state index is -0.874. The van der Waals surface area contributed by atoms with Crippen LogP contribution in [0.25, 0.3) is 0 Å². The normalized spacial score (nSPS) is 13.6. The standard InChI is InChI=1S/C14H20F2N2O.ClH/c1-9(2)7-14(3,8-17)18-13(19)11-5-4-10(15)6-12(11)16;/h4-6,9H,7-8,17H2,1-3H3,(H,18,19);1H. The minimum Gasteiger partial charge on any atom is -0.346 e. The second-order valence-electron chi connectivity index (χ2n) is 5.44. The topological polar surface area (TPSA) is 55.1 Å². The zero-order chi connectivity index (χ0) is 14.6. The Morgan fingerprint density at radius 2 is 2.00 bits per heavy atom. The van der Waals surface area contributed by atoms with Crippen LogP contribution in [0.5, 0.6) is 0 Å². The molecule has 0 saturated carbocycles. The maximum absolute atomic E-state index is 13.5. The number of nitrogens with two attached hydrogens (primary N) is 1. The SMILES string of the molecule is CC(C)CC(C)(CN)NC(=O)c1ccc(F)cc1F.Cl. The lowest BCUT2D eigenvalue weighted by molar-refractivity contribution is 0.0894. The van der Waals surface area contributed by atoms with E-state index in [1.165, 1.54) is 0 Å². The monoisotopic (exact) mass is 306 g/mol. The Morgan fingerprint density at radius 1 is 1.40 bits per heavy atom. The van der Waals surface area contributed by atoms with Crippen LogP contribution in [0, 0.1) is 17.6 Å². The summed E-state index contributed by atoms with van der Waals surface area (Å²) in [4.78, 5) is 12.0. The van der Waals surface area contributed by atoms with Gasteiger partial charge in [-0.2, -0.15) is 0 Å². The number of amides is 1. The van der Waals surface area contributed by atoms with Crippen molar-refractivity contribution in [3.8, 4) is 0 Å². The predicted octanol–water partition coefficient (Wildman–Crippen LogP) is 2.88. The number of benzene rings is 1. The van der Waals surface area contributed by atoms with Crippen LogP contribution in [-0.4, -0.2) is 18.0 Å². The van der Waals surface area contributed by atoms with Gasteiger partial charge in [-0.3, -0.25) is 4.79 Å². The van der Waals surface area contributed by atoms with Crippen molar-refractivity contribution in [1.82, 2.24) is 5.32 Å². The third-order valence-electron chi connectivity index (χ3n) is 2.90. The highest BCUT2D eigenvalue weighted by Crippen LogP contribution is 2.17. The van der Waals surface area contributed by atoms with Gasteiger partial charge in [0.1, 0.15) is 11.6 Å². The van der Waals surface area contributed by atoms with Crippen LogP contribution in [0.4, 0.5) is 8.78 Å². The van der Waals surface area contributed by atoms with Gasteiger partial charge in [0.2, 0.25) is 0 Å². The molecule has 0 bridgehead atoms. The third kappa shape index (κ3) is 5.06. The first-order valence-corrected chi connectivity index (χ1v) is 6.25. The summed E-state index contributed by atoms with van der Waals surface area (Å²) in [5, 5.41) is 2.72. The molecule has 20 heavy (non-hydrogen) atoms. The molecule has 0 aliphatic rings. The molecule has 1 rings (SSSR count). The van der Waals surface area contributed by atoms with Gasteiger partial charge in [-0.1, -0.05) is 13.8 Å². The summed E-state index contributed by atoms with van der Waals surface area (Å²) in [6.07, 6.45) is 0.679. The Bertz CT molecular complexity index is 468. The number of hydrogen-bond donors (Lipinski definition) is 2. The number of halogens is 3.